The van der Waals surface area contributed by atoms with E-state index in [9.17, 15) is 4.79 Å². The van der Waals surface area contributed by atoms with Crippen LogP contribution in [0.3, 0.4) is 0 Å². The molecule has 0 spiro atoms. The van der Waals surface area contributed by atoms with E-state index in [1.165, 1.54) is 36.9 Å². The van der Waals surface area contributed by atoms with Crippen LogP contribution in [0.1, 0.15) is 36.0 Å². The number of anilines is 1. The van der Waals surface area contributed by atoms with Crippen LogP contribution in [0.15, 0.2) is 54.6 Å². The van der Waals surface area contributed by atoms with Crippen LogP contribution in [0, 0.1) is 0 Å². The van der Waals surface area contributed by atoms with Crippen molar-refractivity contribution in [3.8, 4) is 0 Å². The Balaban J connectivity index is 1.39. The maximum absolute atomic E-state index is 12.2. The molecule has 2 aromatic rings. The lowest BCUT2D eigenvalue weighted by Gasteiger charge is -2.36. The summed E-state index contributed by atoms with van der Waals surface area (Å²) in [4.78, 5) is 14.9. The number of hydrogen-bond donors (Lipinski definition) is 1. The summed E-state index contributed by atoms with van der Waals surface area (Å²) in [5, 5.41) is 3.00. The summed E-state index contributed by atoms with van der Waals surface area (Å²) in [6.07, 6.45) is 9.76. The Morgan fingerprint density at radius 2 is 1.77 bits per heavy atom. The fraction of sp³-hybridized carbons (Fsp3) is 0.348. The van der Waals surface area contributed by atoms with Gasteiger partial charge in [0.1, 0.15) is 0 Å². The zero-order chi connectivity index (χ0) is 17.8. The number of nitrogens with zero attached hydrogens (tertiary/aromatic N) is 1. The lowest BCUT2D eigenvalue weighted by Crippen LogP contribution is -2.41. The molecule has 1 heterocycles. The fourth-order valence-electron chi connectivity index (χ4n) is 3.86. The summed E-state index contributed by atoms with van der Waals surface area (Å²) in [7, 11) is 0. The normalized spacial score (nSPS) is 18.2. The number of fused-ring (bicyclic) bond motifs is 1. The minimum absolute atomic E-state index is 0.0847. The highest BCUT2D eigenvalue weighted by Gasteiger charge is 2.26. The van der Waals surface area contributed by atoms with E-state index >= 15 is 0 Å². The van der Waals surface area contributed by atoms with Gasteiger partial charge in [0, 0.05) is 30.9 Å². The maximum atomic E-state index is 12.2. The van der Waals surface area contributed by atoms with Gasteiger partial charge in [0.15, 0.2) is 0 Å². The van der Waals surface area contributed by atoms with Crippen LogP contribution in [0.2, 0.25) is 0 Å². The molecule has 3 heteroatoms. The highest BCUT2D eigenvalue weighted by Crippen LogP contribution is 2.28. The topological polar surface area (TPSA) is 32.3 Å². The molecular formula is C23H26N2O. The molecule has 2 aromatic carbocycles. The zero-order valence-electron chi connectivity index (χ0n) is 15.2. The molecule has 0 aromatic heterocycles. The van der Waals surface area contributed by atoms with Gasteiger partial charge in [0.25, 0.3) is 0 Å². The lowest BCUT2D eigenvalue weighted by molar-refractivity contribution is -0.111. The highest BCUT2D eigenvalue weighted by atomic mass is 16.1. The van der Waals surface area contributed by atoms with Gasteiger partial charge in [-0.3, -0.25) is 9.69 Å². The predicted molar refractivity (Wildman–Crippen MR) is 107 cm³/mol. The second kappa shape index (κ2) is 7.88. The summed E-state index contributed by atoms with van der Waals surface area (Å²) in [5.41, 5.74) is 4.74. The van der Waals surface area contributed by atoms with Crippen molar-refractivity contribution in [1.82, 2.24) is 4.90 Å². The van der Waals surface area contributed by atoms with Crippen molar-refractivity contribution in [2.75, 3.05) is 18.4 Å². The average molecular weight is 346 g/mol. The zero-order valence-corrected chi connectivity index (χ0v) is 15.2. The van der Waals surface area contributed by atoms with Gasteiger partial charge in [-0.25, -0.2) is 0 Å². The van der Waals surface area contributed by atoms with E-state index in [0.29, 0.717) is 0 Å². The minimum atomic E-state index is -0.0847. The molecule has 0 unspecified atom stereocenters. The summed E-state index contributed by atoms with van der Waals surface area (Å²) in [6, 6.07) is 17.1. The summed E-state index contributed by atoms with van der Waals surface area (Å²) in [6.45, 7) is 2.31. The first kappa shape index (κ1) is 17.0. The second-order valence-corrected chi connectivity index (χ2v) is 7.34. The van der Waals surface area contributed by atoms with E-state index in [1.54, 1.807) is 6.08 Å². The van der Waals surface area contributed by atoms with Crippen molar-refractivity contribution in [3.63, 3.8) is 0 Å². The van der Waals surface area contributed by atoms with Crippen molar-refractivity contribution in [3.05, 3.63) is 71.3 Å². The third-order valence-corrected chi connectivity index (χ3v) is 5.63. The number of amides is 1. The van der Waals surface area contributed by atoms with Gasteiger partial charge in [-0.2, -0.15) is 0 Å². The van der Waals surface area contributed by atoms with Gasteiger partial charge in [-0.15, -0.1) is 0 Å². The van der Waals surface area contributed by atoms with Crippen molar-refractivity contribution in [1.29, 1.82) is 0 Å². The summed E-state index contributed by atoms with van der Waals surface area (Å²) >= 11 is 0. The molecule has 3 nitrogen and oxygen atoms in total. The van der Waals surface area contributed by atoms with Crippen LogP contribution in [-0.4, -0.2) is 29.9 Å². The van der Waals surface area contributed by atoms with E-state index in [1.807, 2.05) is 42.5 Å². The monoisotopic (exact) mass is 346 g/mol. The number of carbonyl (C=O) groups is 1. The molecule has 0 radical (unpaired) electrons. The van der Waals surface area contributed by atoms with Crippen LogP contribution in [0.25, 0.3) is 6.08 Å². The van der Waals surface area contributed by atoms with Gasteiger partial charge in [-0.05, 0) is 60.6 Å². The molecule has 134 valence electrons. The Kier molecular flexibility index (Phi) is 5.16. The molecule has 0 bridgehead atoms. The van der Waals surface area contributed by atoms with Crippen molar-refractivity contribution in [2.24, 2.45) is 0 Å². The van der Waals surface area contributed by atoms with Gasteiger partial charge < -0.3 is 5.32 Å². The van der Waals surface area contributed by atoms with Crippen LogP contribution in [0.4, 0.5) is 5.69 Å². The number of benzene rings is 2. The van der Waals surface area contributed by atoms with Crippen molar-refractivity contribution < 1.29 is 4.79 Å². The van der Waals surface area contributed by atoms with Gasteiger partial charge in [0.05, 0.1) is 0 Å². The number of hydrogen-bond acceptors (Lipinski definition) is 2. The molecule has 2 aliphatic rings. The average Bonchev–Trinajstić information content (AvgIpc) is 2.82. The largest absolute Gasteiger partial charge is 0.323 e. The van der Waals surface area contributed by atoms with E-state index in [2.05, 4.69) is 22.3 Å². The quantitative estimate of drug-likeness (QED) is 0.838. The van der Waals surface area contributed by atoms with Crippen LogP contribution >= 0.6 is 0 Å². The first-order valence-corrected chi connectivity index (χ1v) is 9.68. The van der Waals surface area contributed by atoms with E-state index < -0.39 is 0 Å². The van der Waals surface area contributed by atoms with Crippen LogP contribution in [-0.2, 0) is 17.6 Å². The standard InChI is InChI=1S/C23H26N2O/c26-23(12-9-18-5-2-1-3-6-18)24-21-11-10-19-13-15-25(22-7-4-8-22)16-14-20(19)17-21/h1-3,5-6,9-12,17,22H,4,7-8,13-16H2,(H,24,26)/b12-9+. The summed E-state index contributed by atoms with van der Waals surface area (Å²) < 4.78 is 0. The molecule has 1 amide bonds. The second-order valence-electron chi connectivity index (χ2n) is 7.34. The van der Waals surface area contributed by atoms with Crippen LogP contribution in [0.5, 0.6) is 0 Å². The molecule has 1 saturated carbocycles. The van der Waals surface area contributed by atoms with E-state index in [-0.39, 0.29) is 5.91 Å². The Morgan fingerprint density at radius 3 is 2.50 bits per heavy atom. The molecule has 1 N–H and O–H groups in total. The van der Waals surface area contributed by atoms with Crippen molar-refractivity contribution in [2.45, 2.75) is 38.1 Å². The fourth-order valence-corrected chi connectivity index (χ4v) is 3.86. The minimum Gasteiger partial charge on any atom is -0.323 e. The molecular weight excluding hydrogens is 320 g/mol. The predicted octanol–water partition coefficient (Wildman–Crippen LogP) is 4.29. The molecule has 4 rings (SSSR count). The number of nitrogens with one attached hydrogen (secondary N) is 1. The number of rotatable bonds is 4. The van der Waals surface area contributed by atoms with E-state index in [0.717, 1.165) is 36.7 Å². The maximum Gasteiger partial charge on any atom is 0.248 e. The Bertz CT molecular complexity index is 793. The third kappa shape index (κ3) is 4.05. The highest BCUT2D eigenvalue weighted by molar-refractivity contribution is 6.02. The lowest BCUT2D eigenvalue weighted by atomic mass is 9.91. The SMILES string of the molecule is O=C(/C=C/c1ccccc1)Nc1ccc2c(c1)CCN(C1CCC1)CC2. The first-order valence-electron chi connectivity index (χ1n) is 9.68. The molecule has 0 atom stereocenters. The molecule has 1 aliphatic carbocycles. The number of carbonyl (C=O) groups excluding carboxylic acids is 1. The van der Waals surface area contributed by atoms with Gasteiger partial charge in [0.2, 0.25) is 5.91 Å². The Labute approximate surface area is 155 Å². The smallest absolute Gasteiger partial charge is 0.248 e. The molecule has 1 fully saturated rings. The summed E-state index contributed by atoms with van der Waals surface area (Å²) in [5.74, 6) is -0.0847. The Hall–Kier alpha value is -2.39. The van der Waals surface area contributed by atoms with Gasteiger partial charge >= 0.3 is 0 Å². The van der Waals surface area contributed by atoms with Crippen LogP contribution < -0.4 is 5.32 Å². The van der Waals surface area contributed by atoms with E-state index in [4.69, 9.17) is 0 Å². The molecule has 26 heavy (non-hydrogen) atoms. The first-order chi connectivity index (χ1) is 12.8. The van der Waals surface area contributed by atoms with Crippen molar-refractivity contribution >= 4 is 17.7 Å². The molecule has 1 aliphatic heterocycles. The Morgan fingerprint density at radius 1 is 1.00 bits per heavy atom. The third-order valence-electron chi connectivity index (χ3n) is 5.63. The van der Waals surface area contributed by atoms with Gasteiger partial charge in [-0.1, -0.05) is 42.8 Å². The molecule has 0 saturated heterocycles.